The maximum Gasteiger partial charge on any atom is 0.251 e. The Hall–Kier alpha value is -2.97. The lowest BCUT2D eigenvalue weighted by atomic mass is 10.0. The Balaban J connectivity index is 1.54. The first kappa shape index (κ1) is 23.7. The average molecular weight is 442 g/mol. The molecule has 32 heavy (non-hydrogen) atoms. The molecule has 2 aromatic heterocycles. The van der Waals surface area contributed by atoms with Gasteiger partial charge in [0.25, 0.3) is 5.56 Å². The van der Waals surface area contributed by atoms with E-state index >= 15 is 0 Å². The largest absolute Gasteiger partial charge is 0.497 e. The molecule has 0 saturated carbocycles. The van der Waals surface area contributed by atoms with Gasteiger partial charge in [0.15, 0.2) is 0 Å². The molecule has 1 fully saturated rings. The van der Waals surface area contributed by atoms with Crippen molar-refractivity contribution >= 4 is 11.8 Å². The molecule has 0 atom stereocenters. The van der Waals surface area contributed by atoms with Gasteiger partial charge in [0, 0.05) is 49.6 Å². The van der Waals surface area contributed by atoms with Crippen molar-refractivity contribution < 1.29 is 9.13 Å². The van der Waals surface area contributed by atoms with E-state index < -0.39 is 5.95 Å². The second-order valence-corrected chi connectivity index (χ2v) is 8.07. The molecule has 0 unspecified atom stereocenters. The molecule has 0 aromatic carbocycles. The number of ether oxygens (including phenoxy) is 1. The van der Waals surface area contributed by atoms with E-state index in [1.54, 1.807) is 43.0 Å². The van der Waals surface area contributed by atoms with E-state index in [0.717, 1.165) is 38.0 Å². The third kappa shape index (κ3) is 6.05. The molecule has 0 bridgehead atoms. The maximum atomic E-state index is 13.3. The predicted molar refractivity (Wildman–Crippen MR) is 126 cm³/mol. The van der Waals surface area contributed by atoms with Gasteiger partial charge in [-0.1, -0.05) is 6.58 Å². The van der Waals surface area contributed by atoms with Crippen molar-refractivity contribution in [1.82, 2.24) is 19.8 Å². The second kappa shape index (κ2) is 11.1. The summed E-state index contributed by atoms with van der Waals surface area (Å²) in [6.07, 6.45) is 6.93. The van der Waals surface area contributed by atoms with E-state index in [-0.39, 0.29) is 5.56 Å². The molecule has 3 N–H and O–H groups in total. The van der Waals surface area contributed by atoms with E-state index in [0.29, 0.717) is 41.8 Å². The lowest BCUT2D eigenvalue weighted by molar-refractivity contribution is 0.190. The van der Waals surface area contributed by atoms with E-state index in [2.05, 4.69) is 21.8 Å². The number of rotatable bonds is 9. The summed E-state index contributed by atoms with van der Waals surface area (Å²) >= 11 is 0. The third-order valence-corrected chi connectivity index (χ3v) is 5.87. The predicted octanol–water partition coefficient (Wildman–Crippen LogP) is 2.70. The third-order valence-electron chi connectivity index (χ3n) is 5.87. The summed E-state index contributed by atoms with van der Waals surface area (Å²) in [4.78, 5) is 18.6. The van der Waals surface area contributed by atoms with Crippen molar-refractivity contribution in [3.05, 3.63) is 75.9 Å². The number of aryl methyl sites for hydroxylation is 1. The van der Waals surface area contributed by atoms with Crippen LogP contribution in [0.25, 0.3) is 6.08 Å². The Labute approximate surface area is 188 Å². The molecule has 0 aliphatic carbocycles. The summed E-state index contributed by atoms with van der Waals surface area (Å²) in [6.45, 7) is 9.31. The normalized spacial score (nSPS) is 15.7. The van der Waals surface area contributed by atoms with Crippen LogP contribution >= 0.6 is 0 Å². The lowest BCUT2D eigenvalue weighted by Gasteiger charge is -2.32. The maximum absolute atomic E-state index is 13.3. The van der Waals surface area contributed by atoms with Gasteiger partial charge in [0.05, 0.1) is 18.5 Å². The Kier molecular flexibility index (Phi) is 8.19. The molecular weight excluding hydrogens is 409 g/mol. The topological polar surface area (TPSA) is 85.4 Å². The number of nitrogen functional groups attached to an aromatic ring is 1. The van der Waals surface area contributed by atoms with Crippen LogP contribution in [0.1, 0.15) is 29.7 Å². The standard InChI is InChI=1S/C24H32FN5O2/c1-4-20(32-3)14-22-21(26)5-6-23(31)30(22)12-11-29-9-7-19(8-10-29)27-15-18-13-17(2)24(25)28-16-18/h4-6,13-14,16,19,27H,1,7-12,15,26H2,2-3H3/b20-14+. The first-order valence-corrected chi connectivity index (χ1v) is 10.9. The van der Waals surface area contributed by atoms with Gasteiger partial charge in [0.1, 0.15) is 5.76 Å². The van der Waals surface area contributed by atoms with Crippen molar-refractivity contribution in [2.45, 2.75) is 38.9 Å². The fraction of sp³-hybridized carbons (Fsp3) is 0.417. The molecule has 1 aliphatic heterocycles. The molecular formula is C24H32FN5O2. The highest BCUT2D eigenvalue weighted by Crippen LogP contribution is 2.16. The molecule has 0 spiro atoms. The Bertz CT molecular complexity index is 1030. The van der Waals surface area contributed by atoms with Crippen LogP contribution in [0.15, 0.2) is 47.6 Å². The van der Waals surface area contributed by atoms with Crippen molar-refractivity contribution in [3.63, 3.8) is 0 Å². The number of pyridine rings is 2. The number of nitrogens with zero attached hydrogens (tertiary/aromatic N) is 3. The molecule has 172 valence electrons. The van der Waals surface area contributed by atoms with Crippen LogP contribution in [0.3, 0.4) is 0 Å². The number of hydrogen-bond acceptors (Lipinski definition) is 6. The number of hydrogen-bond donors (Lipinski definition) is 2. The molecule has 1 saturated heterocycles. The van der Waals surface area contributed by atoms with Gasteiger partial charge in [-0.15, -0.1) is 0 Å². The minimum atomic E-state index is -0.414. The van der Waals surface area contributed by atoms with Crippen molar-refractivity contribution in [2.24, 2.45) is 0 Å². The number of allylic oxidation sites excluding steroid dienone is 1. The Morgan fingerprint density at radius 2 is 2.12 bits per heavy atom. The number of halogens is 1. The van der Waals surface area contributed by atoms with Gasteiger partial charge >= 0.3 is 0 Å². The van der Waals surface area contributed by atoms with Crippen LogP contribution in [0, 0.1) is 12.9 Å². The molecule has 1 aliphatic rings. The van der Waals surface area contributed by atoms with Crippen molar-refractivity contribution in [3.8, 4) is 0 Å². The highest BCUT2D eigenvalue weighted by atomic mass is 19.1. The molecule has 3 rings (SSSR count). The van der Waals surface area contributed by atoms with Crippen LogP contribution in [-0.4, -0.2) is 47.2 Å². The second-order valence-electron chi connectivity index (χ2n) is 8.07. The summed E-state index contributed by atoms with van der Waals surface area (Å²) in [7, 11) is 1.56. The molecule has 8 heteroatoms. The number of nitrogens with one attached hydrogen (secondary N) is 1. The number of anilines is 1. The number of methoxy groups -OCH3 is 1. The van der Waals surface area contributed by atoms with E-state index in [1.807, 2.05) is 6.07 Å². The van der Waals surface area contributed by atoms with E-state index in [9.17, 15) is 9.18 Å². The van der Waals surface area contributed by atoms with Crippen LogP contribution in [-0.2, 0) is 17.8 Å². The molecule has 7 nitrogen and oxygen atoms in total. The average Bonchev–Trinajstić information content (AvgIpc) is 2.80. The van der Waals surface area contributed by atoms with Gasteiger partial charge in [-0.3, -0.25) is 4.79 Å². The van der Waals surface area contributed by atoms with Crippen LogP contribution in [0.4, 0.5) is 10.1 Å². The SMILES string of the molecule is C=C/C(=C\c1c(N)ccc(=O)n1CCN1CCC(NCc2cnc(F)c(C)c2)CC1)OC. The van der Waals surface area contributed by atoms with Gasteiger partial charge in [-0.25, -0.2) is 4.98 Å². The summed E-state index contributed by atoms with van der Waals surface area (Å²) < 4.78 is 20.3. The quantitative estimate of drug-likeness (QED) is 0.354. The summed E-state index contributed by atoms with van der Waals surface area (Å²) in [5.74, 6) is 0.136. The Morgan fingerprint density at radius 1 is 1.38 bits per heavy atom. The highest BCUT2D eigenvalue weighted by molar-refractivity contribution is 5.63. The lowest BCUT2D eigenvalue weighted by Crippen LogP contribution is -2.43. The van der Waals surface area contributed by atoms with Crippen LogP contribution in [0.2, 0.25) is 0 Å². The van der Waals surface area contributed by atoms with Gasteiger partial charge in [-0.05, 0) is 56.6 Å². The van der Waals surface area contributed by atoms with Crippen molar-refractivity contribution in [1.29, 1.82) is 0 Å². The number of nitrogens with two attached hydrogens (primary N) is 1. The van der Waals surface area contributed by atoms with Gasteiger partial charge in [-0.2, -0.15) is 4.39 Å². The van der Waals surface area contributed by atoms with Crippen LogP contribution in [0.5, 0.6) is 0 Å². The summed E-state index contributed by atoms with van der Waals surface area (Å²) in [6, 6.07) is 5.36. The number of likely N-dealkylation sites (tertiary alicyclic amines) is 1. The van der Waals surface area contributed by atoms with Gasteiger partial charge < -0.3 is 25.3 Å². The molecule has 3 heterocycles. The minimum Gasteiger partial charge on any atom is -0.497 e. The van der Waals surface area contributed by atoms with E-state index in [4.69, 9.17) is 10.5 Å². The monoisotopic (exact) mass is 441 g/mol. The first-order valence-electron chi connectivity index (χ1n) is 10.9. The summed E-state index contributed by atoms with van der Waals surface area (Å²) in [5.41, 5.74) is 8.75. The molecule has 0 amide bonds. The van der Waals surface area contributed by atoms with Crippen LogP contribution < -0.4 is 16.6 Å². The van der Waals surface area contributed by atoms with Crippen molar-refractivity contribution in [2.75, 3.05) is 32.5 Å². The zero-order valence-corrected chi connectivity index (χ0v) is 18.8. The smallest absolute Gasteiger partial charge is 0.251 e. The molecule has 2 aromatic rings. The number of aromatic nitrogens is 2. The summed E-state index contributed by atoms with van der Waals surface area (Å²) in [5, 5.41) is 3.55. The van der Waals surface area contributed by atoms with Gasteiger partial charge in [0.2, 0.25) is 5.95 Å². The molecule has 0 radical (unpaired) electrons. The number of piperidine rings is 1. The zero-order chi connectivity index (χ0) is 23.1. The minimum absolute atomic E-state index is 0.0929. The van der Waals surface area contributed by atoms with E-state index in [1.165, 1.54) is 6.07 Å². The Morgan fingerprint density at radius 3 is 2.78 bits per heavy atom. The fourth-order valence-electron chi connectivity index (χ4n) is 3.92. The first-order chi connectivity index (χ1) is 15.4. The zero-order valence-electron chi connectivity index (χ0n) is 18.8. The highest BCUT2D eigenvalue weighted by Gasteiger charge is 2.19. The fourth-order valence-corrected chi connectivity index (χ4v) is 3.92.